The van der Waals surface area contributed by atoms with Crippen LogP contribution in [0, 0.1) is 0 Å². The van der Waals surface area contributed by atoms with Crippen LogP contribution in [0.15, 0.2) is 35.0 Å². The van der Waals surface area contributed by atoms with Gasteiger partial charge in [-0.3, -0.25) is 4.79 Å². The lowest BCUT2D eigenvalue weighted by Crippen LogP contribution is -2.40. The van der Waals surface area contributed by atoms with Gasteiger partial charge in [-0.05, 0) is 22.9 Å². The van der Waals surface area contributed by atoms with Crippen LogP contribution in [0.2, 0.25) is 0 Å². The van der Waals surface area contributed by atoms with Crippen molar-refractivity contribution in [3.8, 4) is 0 Å². The molecule has 3 N–H and O–H groups in total. The molecule has 0 saturated heterocycles. The van der Waals surface area contributed by atoms with Crippen molar-refractivity contribution in [3.05, 3.63) is 44.8 Å². The predicted molar refractivity (Wildman–Crippen MR) is 81.6 cm³/mol. The molecule has 0 spiro atoms. The van der Waals surface area contributed by atoms with E-state index in [1.165, 1.54) is 16.2 Å². The highest BCUT2D eigenvalue weighted by Gasteiger charge is 2.24. The Morgan fingerprint density at radius 3 is 2.58 bits per heavy atom. The summed E-state index contributed by atoms with van der Waals surface area (Å²) in [6, 6.07) is 7.35. The lowest BCUT2D eigenvalue weighted by atomic mass is 9.91. The van der Waals surface area contributed by atoms with Gasteiger partial charge in [-0.15, -0.1) is 22.7 Å². The average Bonchev–Trinajstić information content (AvgIpc) is 3.06. The molecule has 1 amide bonds. The zero-order valence-corrected chi connectivity index (χ0v) is 12.7. The maximum absolute atomic E-state index is 12.0. The summed E-state index contributed by atoms with van der Waals surface area (Å²) >= 11 is 3.21. The van der Waals surface area contributed by atoms with Crippen LogP contribution in [0.3, 0.4) is 0 Å². The fourth-order valence-corrected chi connectivity index (χ4v) is 3.34. The van der Waals surface area contributed by atoms with Crippen molar-refractivity contribution >= 4 is 28.6 Å². The minimum absolute atomic E-state index is 0.0704. The number of thiophene rings is 2. The van der Waals surface area contributed by atoms with E-state index in [0.717, 1.165) is 4.88 Å². The molecule has 102 valence electrons. The highest BCUT2D eigenvalue weighted by atomic mass is 32.1. The lowest BCUT2D eigenvalue weighted by molar-refractivity contribution is -0.122. The quantitative estimate of drug-likeness (QED) is 0.891. The van der Waals surface area contributed by atoms with Gasteiger partial charge >= 0.3 is 0 Å². The van der Waals surface area contributed by atoms with Gasteiger partial charge in [-0.25, -0.2) is 0 Å². The van der Waals surface area contributed by atoms with Gasteiger partial charge in [0.15, 0.2) is 0 Å². The smallest absolute Gasteiger partial charge is 0.242 e. The molecule has 0 radical (unpaired) electrons. The summed E-state index contributed by atoms with van der Waals surface area (Å²) in [4.78, 5) is 14.2. The summed E-state index contributed by atoms with van der Waals surface area (Å²) in [5.41, 5.74) is 5.86. The van der Waals surface area contributed by atoms with Crippen LogP contribution in [0.4, 0.5) is 0 Å². The first-order valence-electron chi connectivity index (χ1n) is 6.11. The average molecular weight is 294 g/mol. The Morgan fingerprint density at radius 2 is 2.00 bits per heavy atom. The highest BCUT2D eigenvalue weighted by molar-refractivity contribution is 7.10. The van der Waals surface area contributed by atoms with E-state index in [1.807, 2.05) is 23.6 Å². The molecule has 2 aromatic heterocycles. The minimum atomic E-state index is -0.570. The van der Waals surface area contributed by atoms with E-state index < -0.39 is 6.04 Å². The van der Waals surface area contributed by atoms with Crippen molar-refractivity contribution in [1.29, 1.82) is 0 Å². The number of amides is 1. The van der Waals surface area contributed by atoms with Crippen LogP contribution in [-0.4, -0.2) is 12.5 Å². The molecule has 1 unspecified atom stereocenters. The van der Waals surface area contributed by atoms with Gasteiger partial charge in [0, 0.05) is 21.7 Å². The van der Waals surface area contributed by atoms with E-state index >= 15 is 0 Å². The summed E-state index contributed by atoms with van der Waals surface area (Å²) in [5.74, 6) is -0.118. The molecule has 5 heteroatoms. The molecule has 2 rings (SSSR count). The Hall–Kier alpha value is -1.17. The molecule has 0 saturated carbocycles. The summed E-state index contributed by atoms with van der Waals surface area (Å²) in [6.07, 6.45) is 0. The Kier molecular flexibility index (Phi) is 4.39. The van der Waals surface area contributed by atoms with E-state index in [1.54, 1.807) is 11.3 Å². The lowest BCUT2D eigenvalue weighted by Gasteiger charge is -2.24. The Morgan fingerprint density at radius 1 is 1.32 bits per heavy atom. The largest absolute Gasteiger partial charge is 0.354 e. The molecule has 2 heterocycles. The zero-order chi connectivity index (χ0) is 13.9. The fraction of sp³-hybridized carbons (Fsp3) is 0.357. The van der Waals surface area contributed by atoms with Crippen molar-refractivity contribution in [2.24, 2.45) is 5.73 Å². The number of nitrogens with two attached hydrogens (primary N) is 1. The van der Waals surface area contributed by atoms with Gasteiger partial charge in [0.2, 0.25) is 5.91 Å². The van der Waals surface area contributed by atoms with Gasteiger partial charge in [-0.1, -0.05) is 26.0 Å². The van der Waals surface area contributed by atoms with Gasteiger partial charge < -0.3 is 11.1 Å². The highest BCUT2D eigenvalue weighted by Crippen LogP contribution is 2.27. The third-order valence-electron chi connectivity index (χ3n) is 3.02. The number of hydrogen-bond donors (Lipinski definition) is 2. The van der Waals surface area contributed by atoms with E-state index in [-0.39, 0.29) is 11.3 Å². The molecule has 1 atom stereocenters. The number of carbonyl (C=O) groups excluding carboxylic acids is 1. The van der Waals surface area contributed by atoms with Gasteiger partial charge in [0.1, 0.15) is 6.04 Å². The van der Waals surface area contributed by atoms with Crippen molar-refractivity contribution in [2.45, 2.75) is 25.3 Å². The number of nitrogens with one attached hydrogen (secondary N) is 1. The van der Waals surface area contributed by atoms with E-state index in [0.29, 0.717) is 6.54 Å². The molecule has 0 bridgehead atoms. The Balaban J connectivity index is 1.94. The fourth-order valence-electron chi connectivity index (χ4n) is 1.77. The first kappa shape index (κ1) is 14.2. The minimum Gasteiger partial charge on any atom is -0.354 e. The number of carbonyl (C=O) groups is 1. The normalized spacial score (nSPS) is 13.2. The van der Waals surface area contributed by atoms with Crippen molar-refractivity contribution in [1.82, 2.24) is 5.32 Å². The molecule has 0 aliphatic heterocycles. The topological polar surface area (TPSA) is 55.1 Å². The van der Waals surface area contributed by atoms with Gasteiger partial charge in [-0.2, -0.15) is 0 Å². The van der Waals surface area contributed by atoms with Crippen molar-refractivity contribution in [3.63, 3.8) is 0 Å². The molecule has 2 aromatic rings. The molecule has 0 aliphatic carbocycles. The molecule has 19 heavy (non-hydrogen) atoms. The van der Waals surface area contributed by atoms with Crippen LogP contribution in [-0.2, 0) is 10.2 Å². The Bertz CT molecular complexity index is 518. The SMILES string of the molecule is CC(C)(CNC(=O)C(N)c1cccs1)c1cccs1. The maximum Gasteiger partial charge on any atom is 0.242 e. The predicted octanol–water partition coefficient (Wildman–Crippen LogP) is 2.90. The first-order valence-corrected chi connectivity index (χ1v) is 7.87. The van der Waals surface area contributed by atoms with E-state index in [4.69, 9.17) is 5.73 Å². The van der Waals surface area contributed by atoms with Crippen LogP contribution >= 0.6 is 22.7 Å². The van der Waals surface area contributed by atoms with Crippen LogP contribution < -0.4 is 11.1 Å². The third kappa shape index (κ3) is 3.43. The second kappa shape index (κ2) is 5.86. The summed E-state index contributed by atoms with van der Waals surface area (Å²) in [6.45, 7) is 4.83. The van der Waals surface area contributed by atoms with Gasteiger partial charge in [0.05, 0.1) is 0 Å². The third-order valence-corrected chi connectivity index (χ3v) is 5.22. The summed E-state index contributed by atoms with van der Waals surface area (Å²) in [7, 11) is 0. The standard InChI is InChI=1S/C14H18N2OS2/c1-14(2,11-6-4-8-19-11)9-16-13(17)12(15)10-5-3-7-18-10/h3-8,12H,9,15H2,1-2H3,(H,16,17). The van der Waals surface area contributed by atoms with Crippen LogP contribution in [0.1, 0.15) is 29.6 Å². The van der Waals surface area contributed by atoms with Crippen molar-refractivity contribution in [2.75, 3.05) is 6.54 Å². The zero-order valence-electron chi connectivity index (χ0n) is 11.1. The molecular weight excluding hydrogens is 276 g/mol. The number of hydrogen-bond acceptors (Lipinski definition) is 4. The molecule has 0 aromatic carbocycles. The first-order chi connectivity index (χ1) is 9.00. The maximum atomic E-state index is 12.0. The van der Waals surface area contributed by atoms with Crippen LogP contribution in [0.5, 0.6) is 0 Å². The van der Waals surface area contributed by atoms with Crippen LogP contribution in [0.25, 0.3) is 0 Å². The van der Waals surface area contributed by atoms with Gasteiger partial charge in [0.25, 0.3) is 0 Å². The summed E-state index contributed by atoms with van der Waals surface area (Å²) in [5, 5.41) is 6.93. The summed E-state index contributed by atoms with van der Waals surface area (Å²) < 4.78 is 0. The van der Waals surface area contributed by atoms with Crippen molar-refractivity contribution < 1.29 is 4.79 Å². The second-order valence-electron chi connectivity index (χ2n) is 5.07. The Labute approximate surface area is 121 Å². The molecule has 3 nitrogen and oxygen atoms in total. The monoisotopic (exact) mass is 294 g/mol. The number of rotatable bonds is 5. The van der Waals surface area contributed by atoms with E-state index in [2.05, 4.69) is 30.6 Å². The molecule has 0 fully saturated rings. The molecule has 0 aliphatic rings. The van der Waals surface area contributed by atoms with E-state index in [9.17, 15) is 4.79 Å². The molecular formula is C14H18N2OS2. The second-order valence-corrected chi connectivity index (χ2v) is 7.00.